The lowest BCUT2D eigenvalue weighted by Crippen LogP contribution is -2.42. The predicted molar refractivity (Wildman–Crippen MR) is 138 cm³/mol. The van der Waals surface area contributed by atoms with E-state index in [1.807, 2.05) is 54.5 Å². The van der Waals surface area contributed by atoms with Gasteiger partial charge in [-0.15, -0.1) is 0 Å². The van der Waals surface area contributed by atoms with E-state index >= 15 is 0 Å². The molecule has 0 spiro atoms. The van der Waals surface area contributed by atoms with Crippen LogP contribution in [0.1, 0.15) is 61.8 Å². The number of hydrogen-bond acceptors (Lipinski definition) is 6. The molecule has 1 aliphatic carbocycles. The summed E-state index contributed by atoms with van der Waals surface area (Å²) in [4.78, 5) is 30.5. The van der Waals surface area contributed by atoms with Crippen LogP contribution < -0.4 is 5.32 Å². The Balaban J connectivity index is 1.27. The first kappa shape index (κ1) is 24.4. The third-order valence-corrected chi connectivity index (χ3v) is 7.28. The lowest BCUT2D eigenvalue weighted by atomic mass is 9.91. The first-order chi connectivity index (χ1) is 17.4. The van der Waals surface area contributed by atoms with Crippen LogP contribution in [0.4, 0.5) is 16.0 Å². The highest BCUT2D eigenvalue weighted by Gasteiger charge is 2.28. The van der Waals surface area contributed by atoms with E-state index in [0.717, 1.165) is 50.2 Å². The smallest absolute Gasteiger partial charge is 0.253 e. The number of carbonyl (C=O) groups is 1. The lowest BCUT2D eigenvalue weighted by Gasteiger charge is -2.36. The monoisotopic (exact) mass is 491 g/mol. The average Bonchev–Trinajstić information content (AvgIpc) is 3.06. The van der Waals surface area contributed by atoms with Crippen LogP contribution in [0.2, 0.25) is 0 Å². The van der Waals surface area contributed by atoms with Crippen molar-refractivity contribution in [2.45, 2.75) is 58.5 Å². The number of aromatic nitrogens is 4. The molecule has 36 heavy (non-hydrogen) atoms. The van der Waals surface area contributed by atoms with Gasteiger partial charge in [0, 0.05) is 49.5 Å². The maximum Gasteiger partial charge on any atom is 0.253 e. The van der Waals surface area contributed by atoms with E-state index in [2.05, 4.69) is 25.2 Å². The molecule has 2 fully saturated rings. The van der Waals surface area contributed by atoms with Crippen LogP contribution in [0.5, 0.6) is 0 Å². The van der Waals surface area contributed by atoms with E-state index < -0.39 is 5.82 Å². The van der Waals surface area contributed by atoms with E-state index in [1.165, 1.54) is 25.5 Å². The Bertz CT molecular complexity index is 1220. The van der Waals surface area contributed by atoms with Crippen LogP contribution in [0, 0.1) is 12.7 Å². The van der Waals surface area contributed by atoms with Gasteiger partial charge in [0.15, 0.2) is 5.82 Å². The Labute approximate surface area is 211 Å². The van der Waals surface area contributed by atoms with Crippen molar-refractivity contribution in [1.29, 1.82) is 0 Å². The Kier molecular flexibility index (Phi) is 7.00. The van der Waals surface area contributed by atoms with Crippen molar-refractivity contribution in [2.75, 3.05) is 31.5 Å². The molecule has 190 valence electrons. The van der Waals surface area contributed by atoms with E-state index in [-0.39, 0.29) is 23.6 Å². The van der Waals surface area contributed by atoms with Crippen molar-refractivity contribution in [3.63, 3.8) is 0 Å². The SMILES string of the molecule is Cc1ncc(-c2nc(Nc3ccc(C(=O)N4CCCN(C5CCC5)CC4)cc3)ncc2F)n1C(C)C. The summed E-state index contributed by atoms with van der Waals surface area (Å²) in [5, 5.41) is 3.13. The fraction of sp³-hybridized carbons (Fsp3) is 0.481. The second-order valence-corrected chi connectivity index (χ2v) is 10.0. The molecule has 1 amide bonds. The van der Waals surface area contributed by atoms with Gasteiger partial charge >= 0.3 is 0 Å². The number of imidazole rings is 1. The minimum absolute atomic E-state index is 0.0645. The lowest BCUT2D eigenvalue weighted by molar-refractivity contribution is 0.0749. The fourth-order valence-electron chi connectivity index (χ4n) is 5.15. The molecule has 0 atom stereocenters. The van der Waals surface area contributed by atoms with Gasteiger partial charge in [0.05, 0.1) is 18.1 Å². The normalized spacial score (nSPS) is 17.2. The fourth-order valence-corrected chi connectivity index (χ4v) is 5.15. The van der Waals surface area contributed by atoms with Gasteiger partial charge < -0.3 is 14.8 Å². The van der Waals surface area contributed by atoms with Crippen molar-refractivity contribution >= 4 is 17.5 Å². The maximum atomic E-state index is 14.6. The number of anilines is 2. The Morgan fingerprint density at radius 2 is 1.81 bits per heavy atom. The minimum Gasteiger partial charge on any atom is -0.337 e. The van der Waals surface area contributed by atoms with Gasteiger partial charge in [0.1, 0.15) is 11.5 Å². The zero-order chi connectivity index (χ0) is 25.2. The first-order valence-corrected chi connectivity index (χ1v) is 12.9. The number of nitrogens with one attached hydrogen (secondary N) is 1. The molecule has 1 N–H and O–H groups in total. The van der Waals surface area contributed by atoms with E-state index in [9.17, 15) is 9.18 Å². The van der Waals surface area contributed by atoms with Gasteiger partial charge in [-0.25, -0.2) is 19.3 Å². The molecule has 1 aromatic carbocycles. The molecule has 1 saturated carbocycles. The highest BCUT2D eigenvalue weighted by atomic mass is 19.1. The van der Waals surface area contributed by atoms with Gasteiger partial charge in [-0.1, -0.05) is 6.42 Å². The molecule has 9 heteroatoms. The molecule has 2 aliphatic rings. The number of benzene rings is 1. The van der Waals surface area contributed by atoms with Gasteiger partial charge in [-0.05, 0) is 64.3 Å². The second kappa shape index (κ2) is 10.3. The largest absolute Gasteiger partial charge is 0.337 e. The van der Waals surface area contributed by atoms with Crippen molar-refractivity contribution in [3.8, 4) is 11.4 Å². The van der Waals surface area contributed by atoms with Crippen LogP contribution in [-0.2, 0) is 0 Å². The third kappa shape index (κ3) is 4.97. The van der Waals surface area contributed by atoms with Crippen molar-refractivity contribution in [3.05, 3.63) is 53.9 Å². The standard InChI is InChI=1S/C27H34FN7O/c1-18(2)35-19(3)29-17-24(35)25-23(28)16-30-27(32-25)31-21-10-8-20(9-11-21)26(36)34-13-5-12-33(14-15-34)22-6-4-7-22/h8-11,16-18,22H,4-7,12-15H2,1-3H3,(H,30,31,32). The summed E-state index contributed by atoms with van der Waals surface area (Å²) in [6.45, 7) is 9.53. The molecule has 0 radical (unpaired) electrons. The zero-order valence-electron chi connectivity index (χ0n) is 21.2. The highest BCUT2D eigenvalue weighted by Crippen LogP contribution is 2.27. The van der Waals surface area contributed by atoms with Crippen LogP contribution in [0.25, 0.3) is 11.4 Å². The van der Waals surface area contributed by atoms with E-state index in [1.54, 1.807) is 6.20 Å². The quantitative estimate of drug-likeness (QED) is 0.533. The number of rotatable bonds is 6. The Morgan fingerprint density at radius 3 is 2.50 bits per heavy atom. The second-order valence-electron chi connectivity index (χ2n) is 10.0. The van der Waals surface area contributed by atoms with E-state index in [4.69, 9.17) is 0 Å². The predicted octanol–water partition coefficient (Wildman–Crippen LogP) is 4.81. The number of nitrogens with zero attached hydrogens (tertiary/aromatic N) is 6. The molecule has 1 saturated heterocycles. The topological polar surface area (TPSA) is 79.2 Å². The molecular weight excluding hydrogens is 457 g/mol. The molecule has 2 aromatic heterocycles. The molecule has 5 rings (SSSR count). The summed E-state index contributed by atoms with van der Waals surface area (Å²) in [6.07, 6.45) is 7.74. The summed E-state index contributed by atoms with van der Waals surface area (Å²) in [5.41, 5.74) is 2.20. The number of hydrogen-bond donors (Lipinski definition) is 1. The molecule has 8 nitrogen and oxygen atoms in total. The van der Waals surface area contributed by atoms with Crippen molar-refractivity contribution in [1.82, 2.24) is 29.3 Å². The summed E-state index contributed by atoms with van der Waals surface area (Å²) in [5.74, 6) is 0.641. The number of halogens is 1. The molecule has 3 heterocycles. The summed E-state index contributed by atoms with van der Waals surface area (Å²) in [6, 6.07) is 8.14. The molecule has 3 aromatic rings. The molecule has 0 bridgehead atoms. The number of aryl methyl sites for hydroxylation is 1. The number of carbonyl (C=O) groups excluding carboxylic acids is 1. The molecule has 1 aliphatic heterocycles. The summed E-state index contributed by atoms with van der Waals surface area (Å²) >= 11 is 0. The van der Waals surface area contributed by atoms with Crippen LogP contribution in [0.15, 0.2) is 36.7 Å². The summed E-state index contributed by atoms with van der Waals surface area (Å²) < 4.78 is 16.6. The van der Waals surface area contributed by atoms with Gasteiger partial charge in [-0.3, -0.25) is 9.69 Å². The van der Waals surface area contributed by atoms with Crippen molar-refractivity contribution in [2.24, 2.45) is 0 Å². The molecular formula is C27H34FN7O. The maximum absolute atomic E-state index is 14.6. The van der Waals surface area contributed by atoms with Crippen LogP contribution in [-0.4, -0.2) is 67.4 Å². The van der Waals surface area contributed by atoms with Crippen LogP contribution in [0.3, 0.4) is 0 Å². The Hall–Kier alpha value is -3.33. The first-order valence-electron chi connectivity index (χ1n) is 12.9. The van der Waals surface area contributed by atoms with Gasteiger partial charge in [-0.2, -0.15) is 0 Å². The molecule has 0 unspecified atom stereocenters. The van der Waals surface area contributed by atoms with Crippen LogP contribution >= 0.6 is 0 Å². The van der Waals surface area contributed by atoms with Crippen molar-refractivity contribution < 1.29 is 9.18 Å². The zero-order valence-corrected chi connectivity index (χ0v) is 21.2. The average molecular weight is 492 g/mol. The minimum atomic E-state index is -0.503. The summed E-state index contributed by atoms with van der Waals surface area (Å²) in [7, 11) is 0. The van der Waals surface area contributed by atoms with Gasteiger partial charge in [0.25, 0.3) is 5.91 Å². The third-order valence-electron chi connectivity index (χ3n) is 7.28. The van der Waals surface area contributed by atoms with E-state index in [0.29, 0.717) is 11.3 Å². The Morgan fingerprint density at radius 1 is 1.03 bits per heavy atom. The van der Waals surface area contributed by atoms with Gasteiger partial charge in [0.2, 0.25) is 5.95 Å². The number of amides is 1. The highest BCUT2D eigenvalue weighted by molar-refractivity contribution is 5.94.